The number of nitrogens with two attached hydrogens (primary N) is 1. The molecule has 0 saturated heterocycles. The molecule has 74 valence electrons. The van der Waals surface area contributed by atoms with Crippen molar-refractivity contribution in [2.24, 2.45) is 10.5 Å². The molecule has 0 heterocycles. The molecule has 0 saturated carbocycles. The molecule has 0 aliphatic rings. The molecule has 0 bridgehead atoms. The summed E-state index contributed by atoms with van der Waals surface area (Å²) in [5.41, 5.74) is 0. The monoisotopic (exact) mass is 207 g/mol. The summed E-state index contributed by atoms with van der Waals surface area (Å²) in [5.74, 6) is 3.37. The van der Waals surface area contributed by atoms with Crippen LogP contribution in [0.2, 0.25) is 0 Å². The van der Waals surface area contributed by atoms with Crippen LogP contribution in [-0.2, 0) is 14.4 Å². The summed E-state index contributed by atoms with van der Waals surface area (Å²) in [5, 5.41) is 2.25. The summed E-state index contributed by atoms with van der Waals surface area (Å²) in [7, 11) is 0. The molecule has 0 aromatic carbocycles. The number of nitrogens with one attached hydrogen (secondary N) is 1. The van der Waals surface area contributed by atoms with Crippen molar-refractivity contribution in [3.63, 3.8) is 0 Å². The van der Waals surface area contributed by atoms with E-state index in [1.807, 2.05) is 0 Å². The molecule has 1 unspecified atom stereocenters. The third kappa shape index (κ3) is 5.15. The van der Waals surface area contributed by atoms with E-state index in [2.05, 4.69) is 20.6 Å². The molecule has 0 aliphatic carbocycles. The van der Waals surface area contributed by atoms with Crippen LogP contribution < -0.4 is 11.2 Å². The molecule has 0 radical (unpaired) electrons. The molecule has 0 aromatic rings. The number of carbonyl (C=O) groups is 2. The molecule has 0 fully saturated rings. The van der Waals surface area contributed by atoms with Crippen LogP contribution in [0.15, 0.2) is 4.58 Å². The molecule has 7 nitrogen and oxygen atoms in total. The minimum atomic E-state index is -0.940. The van der Waals surface area contributed by atoms with E-state index < -0.39 is 17.9 Å². The minimum Gasteiger partial charge on any atom is -0.372 e. The molecular weight excluding hydrogens is 198 g/mol. The van der Waals surface area contributed by atoms with Crippen LogP contribution >= 0.6 is 11.9 Å². The van der Waals surface area contributed by atoms with Crippen LogP contribution in [0.1, 0.15) is 6.92 Å². The summed E-state index contributed by atoms with van der Waals surface area (Å²) in [6.07, 6.45) is 0. The summed E-state index contributed by atoms with van der Waals surface area (Å²) in [6.45, 7) is 1.23. The zero-order valence-electron chi connectivity index (χ0n) is 6.85. The highest BCUT2D eigenvalue weighted by molar-refractivity contribution is 7.97. The summed E-state index contributed by atoms with van der Waals surface area (Å²) >= 11 is 0.600. The first-order chi connectivity index (χ1) is 6.11. The Bertz CT molecular complexity index is 210. The highest BCUT2D eigenvalue weighted by Gasteiger charge is 2.20. The molecular formula is C5H9N3O4S. The fourth-order valence-electron chi connectivity index (χ4n) is 0.601. The van der Waals surface area contributed by atoms with Crippen molar-refractivity contribution in [3.05, 3.63) is 4.91 Å². The first kappa shape index (κ1) is 11.8. The first-order valence-corrected chi connectivity index (χ1v) is 4.18. The van der Waals surface area contributed by atoms with E-state index >= 15 is 0 Å². The SMILES string of the molecule is CC(=O)NC(CSN=O)C(=O)ON. The Hall–Kier alpha value is -1.15. The van der Waals surface area contributed by atoms with E-state index in [1.54, 1.807) is 0 Å². The molecule has 13 heavy (non-hydrogen) atoms. The molecule has 0 spiro atoms. The molecule has 1 amide bonds. The van der Waals surface area contributed by atoms with Gasteiger partial charge in [-0.15, -0.1) is 4.91 Å². The second kappa shape index (κ2) is 6.38. The molecule has 0 aromatic heterocycles. The van der Waals surface area contributed by atoms with Crippen LogP contribution in [0.5, 0.6) is 0 Å². The quantitative estimate of drug-likeness (QED) is 0.351. The number of nitroso groups, excluding NO2 is 1. The van der Waals surface area contributed by atoms with Gasteiger partial charge in [-0.25, -0.2) is 4.79 Å². The number of hydrogen-bond donors (Lipinski definition) is 2. The Morgan fingerprint density at radius 3 is 2.69 bits per heavy atom. The lowest BCUT2D eigenvalue weighted by atomic mass is 10.3. The lowest BCUT2D eigenvalue weighted by Crippen LogP contribution is -2.43. The third-order valence-corrected chi connectivity index (χ3v) is 1.66. The fraction of sp³-hybridized carbons (Fsp3) is 0.600. The van der Waals surface area contributed by atoms with Gasteiger partial charge in [-0.2, -0.15) is 5.90 Å². The first-order valence-electron chi connectivity index (χ1n) is 3.24. The van der Waals surface area contributed by atoms with Gasteiger partial charge in [-0.05, 0) is 0 Å². The van der Waals surface area contributed by atoms with Crippen molar-refractivity contribution in [1.29, 1.82) is 0 Å². The van der Waals surface area contributed by atoms with E-state index in [1.165, 1.54) is 6.92 Å². The van der Waals surface area contributed by atoms with Crippen LogP contribution in [0, 0.1) is 4.91 Å². The van der Waals surface area contributed by atoms with Gasteiger partial charge in [0.2, 0.25) is 5.91 Å². The number of nitrogens with zero attached hydrogens (tertiary/aromatic N) is 1. The summed E-state index contributed by atoms with van der Waals surface area (Å²) in [6, 6.07) is -0.940. The van der Waals surface area contributed by atoms with Gasteiger partial charge in [-0.3, -0.25) is 4.79 Å². The predicted octanol–water partition coefficient (Wildman–Crippen LogP) is -0.677. The van der Waals surface area contributed by atoms with Crippen molar-refractivity contribution in [1.82, 2.24) is 5.32 Å². The van der Waals surface area contributed by atoms with Crippen molar-refractivity contribution in [3.8, 4) is 0 Å². The third-order valence-electron chi connectivity index (χ3n) is 1.07. The van der Waals surface area contributed by atoms with Gasteiger partial charge in [-0.1, -0.05) is 0 Å². The standard InChI is InChI=1S/C5H9N3O4S/c1-3(9)7-4(2-13-8-11)5(10)12-6/h4H,2,6H2,1H3,(H,7,9). The van der Waals surface area contributed by atoms with E-state index in [9.17, 15) is 14.5 Å². The van der Waals surface area contributed by atoms with E-state index in [0.29, 0.717) is 11.9 Å². The Labute approximate surface area is 78.4 Å². The number of rotatable bonds is 5. The lowest BCUT2D eigenvalue weighted by molar-refractivity contribution is -0.147. The Balaban J connectivity index is 4.09. The van der Waals surface area contributed by atoms with Gasteiger partial charge >= 0.3 is 5.97 Å². The van der Waals surface area contributed by atoms with Crippen LogP contribution in [0.25, 0.3) is 0 Å². The lowest BCUT2D eigenvalue weighted by Gasteiger charge is -2.11. The van der Waals surface area contributed by atoms with Gasteiger partial charge < -0.3 is 10.2 Å². The van der Waals surface area contributed by atoms with Gasteiger partial charge in [0.15, 0.2) is 0 Å². The average Bonchev–Trinajstić information content (AvgIpc) is 2.10. The highest BCUT2D eigenvalue weighted by Crippen LogP contribution is 2.04. The van der Waals surface area contributed by atoms with Gasteiger partial charge in [0, 0.05) is 29.2 Å². The largest absolute Gasteiger partial charge is 0.372 e. The molecule has 8 heteroatoms. The number of carbonyl (C=O) groups excluding carboxylic acids is 2. The Morgan fingerprint density at radius 1 is 1.69 bits per heavy atom. The Morgan fingerprint density at radius 2 is 2.31 bits per heavy atom. The van der Waals surface area contributed by atoms with Crippen molar-refractivity contribution in [2.45, 2.75) is 13.0 Å². The van der Waals surface area contributed by atoms with Gasteiger partial charge in [0.25, 0.3) is 0 Å². The van der Waals surface area contributed by atoms with E-state index in [4.69, 9.17) is 0 Å². The molecule has 3 N–H and O–H groups in total. The maximum atomic E-state index is 10.8. The highest BCUT2D eigenvalue weighted by atomic mass is 32.2. The normalized spacial score (nSPS) is 11.5. The van der Waals surface area contributed by atoms with Crippen molar-refractivity contribution >= 4 is 23.8 Å². The maximum Gasteiger partial charge on any atom is 0.348 e. The van der Waals surface area contributed by atoms with Crippen LogP contribution in [0.3, 0.4) is 0 Å². The van der Waals surface area contributed by atoms with Crippen molar-refractivity contribution < 1.29 is 14.4 Å². The second-order valence-electron chi connectivity index (χ2n) is 2.06. The van der Waals surface area contributed by atoms with Gasteiger partial charge in [0.1, 0.15) is 6.04 Å². The second-order valence-corrected chi connectivity index (χ2v) is 2.80. The number of amides is 1. The summed E-state index contributed by atoms with van der Waals surface area (Å²) in [4.78, 5) is 35.0. The zero-order chi connectivity index (χ0) is 10.3. The molecule has 0 rings (SSSR count). The fourth-order valence-corrected chi connectivity index (χ4v) is 1.03. The Kier molecular flexibility index (Phi) is 5.81. The van der Waals surface area contributed by atoms with Gasteiger partial charge in [0.05, 0.1) is 0 Å². The summed E-state index contributed by atoms with van der Waals surface area (Å²) < 4.78 is 2.47. The topological polar surface area (TPSA) is 111 Å². The van der Waals surface area contributed by atoms with Crippen LogP contribution in [-0.4, -0.2) is 23.7 Å². The van der Waals surface area contributed by atoms with E-state index in [0.717, 1.165) is 0 Å². The maximum absolute atomic E-state index is 10.8. The zero-order valence-corrected chi connectivity index (χ0v) is 7.67. The smallest absolute Gasteiger partial charge is 0.348 e. The average molecular weight is 207 g/mol. The van der Waals surface area contributed by atoms with Crippen LogP contribution in [0.4, 0.5) is 0 Å². The minimum absolute atomic E-state index is 0.000880. The number of hydrogen-bond acceptors (Lipinski definition) is 7. The van der Waals surface area contributed by atoms with Crippen molar-refractivity contribution in [2.75, 3.05) is 5.75 Å². The molecule has 0 aliphatic heterocycles. The van der Waals surface area contributed by atoms with E-state index in [-0.39, 0.29) is 5.75 Å². The molecule has 1 atom stereocenters. The predicted molar refractivity (Wildman–Crippen MR) is 46.1 cm³/mol.